The van der Waals surface area contributed by atoms with E-state index in [4.69, 9.17) is 14.2 Å². The molecule has 0 aromatic heterocycles. The van der Waals surface area contributed by atoms with Gasteiger partial charge in [-0.3, -0.25) is 14.7 Å². The lowest BCUT2D eigenvalue weighted by Gasteiger charge is -2.36. The monoisotopic (exact) mass is 570 g/mol. The van der Waals surface area contributed by atoms with Gasteiger partial charge in [0.25, 0.3) is 5.91 Å². The maximum atomic E-state index is 13.2. The largest absolute Gasteiger partial charge is 0.497 e. The number of aliphatic imine (C=N–C) groups is 1. The average molecular weight is 571 g/mol. The van der Waals surface area contributed by atoms with Crippen molar-refractivity contribution in [2.75, 3.05) is 65.0 Å². The molecule has 3 heterocycles. The average Bonchev–Trinajstić information content (AvgIpc) is 3.47. The van der Waals surface area contributed by atoms with Gasteiger partial charge in [0.2, 0.25) is 0 Å². The van der Waals surface area contributed by atoms with Crippen LogP contribution in [0.3, 0.4) is 0 Å². The number of hydrogen-bond donors (Lipinski definition) is 0. The molecule has 1 atom stereocenters. The Balaban J connectivity index is 0.954. The van der Waals surface area contributed by atoms with E-state index < -0.39 is 0 Å². The summed E-state index contributed by atoms with van der Waals surface area (Å²) in [4.78, 5) is 24.9. The van der Waals surface area contributed by atoms with Gasteiger partial charge >= 0.3 is 0 Å². The molecule has 0 bridgehead atoms. The van der Waals surface area contributed by atoms with Crippen LogP contribution < -0.4 is 19.1 Å². The van der Waals surface area contributed by atoms with Crippen LogP contribution in [0.4, 0.5) is 11.4 Å². The maximum absolute atomic E-state index is 13.2. The van der Waals surface area contributed by atoms with Crippen LogP contribution in [-0.4, -0.2) is 88.1 Å². The molecule has 3 aliphatic rings. The Kier molecular flexibility index (Phi) is 8.79. The molecule has 1 amide bonds. The molecule has 3 aromatic carbocycles. The van der Waals surface area contributed by atoms with Crippen molar-refractivity contribution >= 4 is 34.3 Å². The van der Waals surface area contributed by atoms with Crippen molar-refractivity contribution in [3.8, 4) is 17.2 Å². The Hall–Kier alpha value is -3.78. The highest BCUT2D eigenvalue weighted by molar-refractivity contribution is 6.07. The van der Waals surface area contributed by atoms with Gasteiger partial charge in [-0.05, 0) is 91.5 Å². The number of carbonyl (C=O) groups excluding carboxylic acids is 1. The zero-order chi connectivity index (χ0) is 28.9. The second kappa shape index (κ2) is 13.0. The molecular formula is C34H42N4O4. The number of nitrogens with zero attached hydrogens (tertiary/aromatic N) is 4. The number of unbranched alkanes of at least 4 members (excludes halogenated alkanes) is 3. The third kappa shape index (κ3) is 6.19. The van der Waals surface area contributed by atoms with Gasteiger partial charge in [0.1, 0.15) is 5.75 Å². The highest BCUT2D eigenvalue weighted by Crippen LogP contribution is 2.37. The van der Waals surface area contributed by atoms with Crippen LogP contribution in [0.25, 0.3) is 10.8 Å². The van der Waals surface area contributed by atoms with Crippen LogP contribution in [-0.2, 0) is 0 Å². The van der Waals surface area contributed by atoms with Crippen LogP contribution in [0.2, 0.25) is 0 Å². The standard InChI is InChI=1S/C34H42N4O4/c1-40-29-11-9-27(10-12-29)37-17-15-36(16-18-37)13-5-3-4-6-19-42-33-23-25-20-30-31(21-26(25)22-32(33)41-2)35-24-28-8-7-14-38(28)34(30)39/h9-12,20-24,28H,3-8,13-19H2,1-2H3/t28-/m0/s1. The number of methoxy groups -OCH3 is 2. The third-order valence-corrected chi connectivity index (χ3v) is 8.85. The van der Waals surface area contributed by atoms with E-state index in [2.05, 4.69) is 26.9 Å². The van der Waals surface area contributed by atoms with Crippen molar-refractivity contribution < 1.29 is 19.0 Å². The molecule has 0 aliphatic carbocycles. The lowest BCUT2D eigenvalue weighted by Crippen LogP contribution is -2.46. The van der Waals surface area contributed by atoms with E-state index in [0.717, 1.165) is 92.9 Å². The number of carbonyl (C=O) groups is 1. The first-order valence-corrected chi connectivity index (χ1v) is 15.4. The molecule has 0 radical (unpaired) electrons. The summed E-state index contributed by atoms with van der Waals surface area (Å²) in [7, 11) is 3.38. The Morgan fingerprint density at radius 2 is 1.60 bits per heavy atom. The zero-order valence-corrected chi connectivity index (χ0v) is 24.9. The second-order valence-electron chi connectivity index (χ2n) is 11.5. The van der Waals surface area contributed by atoms with E-state index >= 15 is 0 Å². The lowest BCUT2D eigenvalue weighted by molar-refractivity contribution is 0.0775. The lowest BCUT2D eigenvalue weighted by atomic mass is 10.0. The Labute approximate surface area is 248 Å². The number of amides is 1. The predicted octanol–water partition coefficient (Wildman–Crippen LogP) is 5.94. The minimum atomic E-state index is 0.0734. The minimum absolute atomic E-state index is 0.0734. The number of ether oxygens (including phenoxy) is 3. The van der Waals surface area contributed by atoms with E-state index in [1.807, 2.05) is 47.5 Å². The highest BCUT2D eigenvalue weighted by Gasteiger charge is 2.32. The first-order valence-electron chi connectivity index (χ1n) is 15.4. The van der Waals surface area contributed by atoms with Crippen LogP contribution >= 0.6 is 0 Å². The van der Waals surface area contributed by atoms with Crippen LogP contribution in [0.5, 0.6) is 17.2 Å². The molecule has 42 heavy (non-hydrogen) atoms. The van der Waals surface area contributed by atoms with Crippen LogP contribution in [0, 0.1) is 0 Å². The fraction of sp³-hybridized carbons (Fsp3) is 0.471. The summed E-state index contributed by atoms with van der Waals surface area (Å²) in [6, 6.07) is 16.4. The molecule has 222 valence electrons. The molecule has 0 unspecified atom stereocenters. The molecule has 0 saturated carbocycles. The Bertz CT molecular complexity index is 1420. The molecule has 8 heteroatoms. The van der Waals surface area contributed by atoms with E-state index in [1.165, 1.54) is 18.5 Å². The van der Waals surface area contributed by atoms with Crippen LogP contribution in [0.15, 0.2) is 53.5 Å². The van der Waals surface area contributed by atoms with Gasteiger partial charge in [-0.25, -0.2) is 0 Å². The summed E-state index contributed by atoms with van der Waals surface area (Å²) in [5.41, 5.74) is 2.68. The zero-order valence-electron chi connectivity index (χ0n) is 24.9. The normalized spacial score (nSPS) is 18.6. The first-order chi connectivity index (χ1) is 20.6. The smallest absolute Gasteiger partial charge is 0.256 e. The fourth-order valence-electron chi connectivity index (χ4n) is 6.36. The van der Waals surface area contributed by atoms with E-state index in [9.17, 15) is 4.79 Å². The van der Waals surface area contributed by atoms with Crippen molar-refractivity contribution in [1.29, 1.82) is 0 Å². The summed E-state index contributed by atoms with van der Waals surface area (Å²) in [5.74, 6) is 2.41. The van der Waals surface area contributed by atoms with Gasteiger partial charge in [0, 0.05) is 44.6 Å². The Morgan fingerprint density at radius 3 is 2.38 bits per heavy atom. The van der Waals surface area contributed by atoms with Gasteiger partial charge < -0.3 is 24.0 Å². The van der Waals surface area contributed by atoms with Crippen molar-refractivity contribution in [3.05, 3.63) is 54.1 Å². The molecular weight excluding hydrogens is 528 g/mol. The van der Waals surface area contributed by atoms with Gasteiger partial charge in [-0.2, -0.15) is 0 Å². The number of hydrogen-bond acceptors (Lipinski definition) is 7. The summed E-state index contributed by atoms with van der Waals surface area (Å²) >= 11 is 0. The molecule has 6 rings (SSSR count). The summed E-state index contributed by atoms with van der Waals surface area (Å²) in [5, 5.41) is 1.97. The number of piperazine rings is 1. The quantitative estimate of drug-likeness (QED) is 0.266. The van der Waals surface area contributed by atoms with Gasteiger partial charge in [-0.15, -0.1) is 0 Å². The van der Waals surface area contributed by atoms with Gasteiger partial charge in [-0.1, -0.05) is 12.8 Å². The third-order valence-electron chi connectivity index (χ3n) is 8.85. The van der Waals surface area contributed by atoms with E-state index in [0.29, 0.717) is 17.9 Å². The molecule has 2 saturated heterocycles. The fourth-order valence-corrected chi connectivity index (χ4v) is 6.36. The van der Waals surface area contributed by atoms with Crippen molar-refractivity contribution in [2.24, 2.45) is 4.99 Å². The second-order valence-corrected chi connectivity index (χ2v) is 11.5. The number of rotatable bonds is 11. The van der Waals surface area contributed by atoms with E-state index in [-0.39, 0.29) is 11.9 Å². The SMILES string of the molecule is COc1ccc(N2CCN(CCCCCCOc3cc4cc5c(cc4cc3OC)N=C[C@@H]3CCCN3C5=O)CC2)cc1. The summed E-state index contributed by atoms with van der Waals surface area (Å²) in [6.45, 7) is 6.94. The highest BCUT2D eigenvalue weighted by atomic mass is 16.5. The first kappa shape index (κ1) is 28.3. The maximum Gasteiger partial charge on any atom is 0.256 e. The van der Waals surface area contributed by atoms with Crippen LogP contribution in [0.1, 0.15) is 48.9 Å². The topological polar surface area (TPSA) is 66.8 Å². The van der Waals surface area contributed by atoms with Crippen molar-refractivity contribution in [2.45, 2.75) is 44.6 Å². The molecule has 0 N–H and O–H groups in total. The van der Waals surface area contributed by atoms with Gasteiger partial charge in [0.15, 0.2) is 11.5 Å². The van der Waals surface area contributed by atoms with Crippen molar-refractivity contribution in [3.63, 3.8) is 0 Å². The molecule has 3 aromatic rings. The number of benzene rings is 3. The molecule has 2 fully saturated rings. The number of fused-ring (bicyclic) bond motifs is 3. The van der Waals surface area contributed by atoms with Crippen molar-refractivity contribution in [1.82, 2.24) is 9.80 Å². The van der Waals surface area contributed by atoms with Gasteiger partial charge in [0.05, 0.1) is 38.1 Å². The summed E-state index contributed by atoms with van der Waals surface area (Å²) in [6.07, 6.45) is 8.49. The predicted molar refractivity (Wildman–Crippen MR) is 168 cm³/mol. The molecule has 3 aliphatic heterocycles. The number of anilines is 1. The Morgan fingerprint density at radius 1 is 0.833 bits per heavy atom. The minimum Gasteiger partial charge on any atom is -0.497 e. The molecule has 8 nitrogen and oxygen atoms in total. The van der Waals surface area contributed by atoms with E-state index in [1.54, 1.807) is 14.2 Å². The summed E-state index contributed by atoms with van der Waals surface area (Å²) < 4.78 is 17.1. The molecule has 0 spiro atoms.